The van der Waals surface area contributed by atoms with Crippen molar-refractivity contribution in [2.24, 2.45) is 0 Å². The Kier molecular flexibility index (Phi) is 5.12. The summed E-state index contributed by atoms with van der Waals surface area (Å²) in [6.07, 6.45) is 11.6. The zero-order valence-electron chi connectivity index (χ0n) is 9.83. The molecule has 1 rings (SSSR count). The largest absolute Gasteiger partial charge is 0.370 e. The van der Waals surface area contributed by atoms with E-state index in [0.29, 0.717) is 6.10 Å². The highest BCUT2D eigenvalue weighted by molar-refractivity contribution is 7.75. The number of hydrogen-bond donors (Lipinski definition) is 0. The van der Waals surface area contributed by atoms with E-state index in [9.17, 15) is 0 Å². The Bertz CT molecular complexity index is 176. The van der Waals surface area contributed by atoms with Crippen molar-refractivity contribution in [2.45, 2.75) is 33.3 Å². The lowest BCUT2D eigenvalue weighted by Gasteiger charge is -2.28. The van der Waals surface area contributed by atoms with E-state index in [2.05, 4.69) is 32.9 Å². The van der Waals surface area contributed by atoms with E-state index in [4.69, 9.17) is 4.74 Å². The first-order valence-electron chi connectivity index (χ1n) is 5.89. The second-order valence-electron chi connectivity index (χ2n) is 4.10. The molecule has 0 bridgehead atoms. The molecule has 0 aromatic heterocycles. The highest BCUT2D eigenvalue weighted by Gasteiger charge is 2.34. The van der Waals surface area contributed by atoms with Crippen LogP contribution >= 0.6 is 7.26 Å². The van der Waals surface area contributed by atoms with Gasteiger partial charge in [0.2, 0.25) is 0 Å². The lowest BCUT2D eigenvalue weighted by atomic mass is 10.2. The van der Waals surface area contributed by atoms with Gasteiger partial charge in [-0.2, -0.15) is 0 Å². The van der Waals surface area contributed by atoms with E-state index in [-0.39, 0.29) is 0 Å². The zero-order valence-corrected chi connectivity index (χ0v) is 10.7. The Morgan fingerprint density at radius 1 is 1.21 bits per heavy atom. The van der Waals surface area contributed by atoms with Crippen LogP contribution in [-0.2, 0) is 4.74 Å². The fraction of sp³-hybridized carbons (Fsp3) is 0.833. The molecule has 0 aliphatic carbocycles. The van der Waals surface area contributed by atoms with Crippen LogP contribution in [0, 0.1) is 0 Å². The molecule has 0 N–H and O–H groups in total. The Balaban J connectivity index is 2.53. The van der Waals surface area contributed by atoms with Gasteiger partial charge in [-0.05, 0) is 27.2 Å². The van der Waals surface area contributed by atoms with Crippen molar-refractivity contribution in [1.29, 1.82) is 0 Å². The van der Waals surface area contributed by atoms with Gasteiger partial charge in [-0.15, -0.1) is 0 Å². The third kappa shape index (κ3) is 3.07. The molecule has 1 nitrogen and oxygen atoms in total. The maximum absolute atomic E-state index is 5.78. The van der Waals surface area contributed by atoms with E-state index in [0.717, 1.165) is 13.0 Å². The predicted octanol–water partition coefficient (Wildman–Crippen LogP) is 3.41. The van der Waals surface area contributed by atoms with E-state index in [1.165, 1.54) is 24.6 Å². The first kappa shape index (κ1) is 12.2. The zero-order chi connectivity index (χ0) is 10.4. The van der Waals surface area contributed by atoms with Crippen LogP contribution in [0.1, 0.15) is 27.2 Å². The smallest absolute Gasteiger partial charge is 0.109 e. The third-order valence-corrected chi connectivity index (χ3v) is 8.71. The summed E-state index contributed by atoms with van der Waals surface area (Å²) in [4.78, 5) is 0. The maximum Gasteiger partial charge on any atom is 0.109 e. The third-order valence-electron chi connectivity index (χ3n) is 3.55. The van der Waals surface area contributed by atoms with Crippen molar-refractivity contribution in [2.75, 3.05) is 31.3 Å². The molecule has 82 valence electrons. The van der Waals surface area contributed by atoms with Crippen molar-refractivity contribution in [3.63, 3.8) is 0 Å². The topological polar surface area (TPSA) is 9.23 Å². The second-order valence-corrected chi connectivity index (χ2v) is 9.04. The van der Waals surface area contributed by atoms with Gasteiger partial charge in [0, 0.05) is 7.26 Å². The standard InChI is InChI=1S/C12H24OP/c1-4-14(5-2,6-3)11-12-9-7-8-10-13-12/h7,9,12H,4-6,8,10-11H2,1-3H3/q+1. The highest BCUT2D eigenvalue weighted by Crippen LogP contribution is 2.58. The molecule has 14 heavy (non-hydrogen) atoms. The minimum Gasteiger partial charge on any atom is -0.370 e. The van der Waals surface area contributed by atoms with Crippen LogP contribution in [0.4, 0.5) is 0 Å². The minimum absolute atomic E-state index is 0.428. The molecule has 0 fully saturated rings. The first-order chi connectivity index (χ1) is 6.76. The van der Waals surface area contributed by atoms with E-state index >= 15 is 0 Å². The van der Waals surface area contributed by atoms with Crippen LogP contribution in [0.25, 0.3) is 0 Å². The summed E-state index contributed by atoms with van der Waals surface area (Å²) in [6.45, 7) is 7.99. The minimum atomic E-state index is -0.684. The fourth-order valence-corrected chi connectivity index (χ4v) is 5.25. The van der Waals surface area contributed by atoms with Crippen LogP contribution in [0.15, 0.2) is 12.2 Å². The number of rotatable bonds is 5. The van der Waals surface area contributed by atoms with Gasteiger partial charge in [0.1, 0.15) is 6.10 Å². The molecule has 0 radical (unpaired) electrons. The molecule has 0 aromatic carbocycles. The molecule has 0 aromatic rings. The molecule has 0 saturated carbocycles. The molecule has 2 heteroatoms. The summed E-state index contributed by atoms with van der Waals surface area (Å²) in [5.74, 6) is 0. The van der Waals surface area contributed by atoms with Gasteiger partial charge in [0.15, 0.2) is 0 Å². The molecule has 1 atom stereocenters. The molecule has 1 aliphatic heterocycles. The normalized spacial score (nSPS) is 22.6. The van der Waals surface area contributed by atoms with E-state index in [1.807, 2.05) is 0 Å². The Morgan fingerprint density at radius 3 is 2.29 bits per heavy atom. The lowest BCUT2D eigenvalue weighted by molar-refractivity contribution is 0.0944. The van der Waals surface area contributed by atoms with Crippen LogP contribution in [0.5, 0.6) is 0 Å². The molecule has 1 unspecified atom stereocenters. The summed E-state index contributed by atoms with van der Waals surface area (Å²) in [6, 6.07) is 0. The molecular weight excluding hydrogens is 191 g/mol. The lowest BCUT2D eigenvalue weighted by Crippen LogP contribution is -2.23. The Hall–Kier alpha value is 0.130. The second kappa shape index (κ2) is 5.88. The van der Waals surface area contributed by atoms with Crippen LogP contribution in [0.2, 0.25) is 0 Å². The first-order valence-corrected chi connectivity index (χ1v) is 8.42. The van der Waals surface area contributed by atoms with Gasteiger partial charge in [0.25, 0.3) is 0 Å². The van der Waals surface area contributed by atoms with Gasteiger partial charge in [0.05, 0.1) is 31.3 Å². The van der Waals surface area contributed by atoms with Crippen molar-refractivity contribution in [3.05, 3.63) is 12.2 Å². The Labute approximate surface area is 89.3 Å². The van der Waals surface area contributed by atoms with Gasteiger partial charge in [-0.25, -0.2) is 0 Å². The molecule has 0 saturated heterocycles. The van der Waals surface area contributed by atoms with Crippen molar-refractivity contribution < 1.29 is 4.74 Å². The number of ether oxygens (including phenoxy) is 1. The Morgan fingerprint density at radius 2 is 1.86 bits per heavy atom. The van der Waals surface area contributed by atoms with Crippen LogP contribution < -0.4 is 0 Å². The summed E-state index contributed by atoms with van der Waals surface area (Å²) in [7, 11) is -0.684. The molecule has 1 heterocycles. The van der Waals surface area contributed by atoms with Crippen molar-refractivity contribution in [3.8, 4) is 0 Å². The maximum atomic E-state index is 5.78. The quantitative estimate of drug-likeness (QED) is 0.504. The van der Waals surface area contributed by atoms with Gasteiger partial charge in [-0.3, -0.25) is 0 Å². The average molecular weight is 215 g/mol. The molecule has 1 aliphatic rings. The highest BCUT2D eigenvalue weighted by atomic mass is 31.2. The number of hydrogen-bond acceptors (Lipinski definition) is 1. The molecule has 0 amide bonds. The van der Waals surface area contributed by atoms with E-state index < -0.39 is 7.26 Å². The summed E-state index contributed by atoms with van der Waals surface area (Å²) < 4.78 is 5.78. The van der Waals surface area contributed by atoms with Gasteiger partial charge in [-0.1, -0.05) is 12.2 Å². The average Bonchev–Trinajstić information content (AvgIpc) is 2.28. The fourth-order valence-electron chi connectivity index (χ4n) is 2.14. The summed E-state index contributed by atoms with van der Waals surface area (Å²) >= 11 is 0. The van der Waals surface area contributed by atoms with Crippen molar-refractivity contribution in [1.82, 2.24) is 0 Å². The van der Waals surface area contributed by atoms with Crippen LogP contribution in [-0.4, -0.2) is 37.4 Å². The van der Waals surface area contributed by atoms with Crippen molar-refractivity contribution >= 4 is 7.26 Å². The molecule has 0 spiro atoms. The monoisotopic (exact) mass is 215 g/mol. The summed E-state index contributed by atoms with van der Waals surface area (Å²) in [5, 5.41) is 0. The molecular formula is C12H24OP+. The summed E-state index contributed by atoms with van der Waals surface area (Å²) in [5.41, 5.74) is 0. The van der Waals surface area contributed by atoms with Gasteiger partial charge < -0.3 is 4.74 Å². The SMILES string of the molecule is CC[P+](CC)(CC)CC1C=CCCO1. The van der Waals surface area contributed by atoms with Crippen LogP contribution in [0.3, 0.4) is 0 Å². The van der Waals surface area contributed by atoms with E-state index in [1.54, 1.807) is 0 Å². The predicted molar refractivity (Wildman–Crippen MR) is 66.9 cm³/mol. The van der Waals surface area contributed by atoms with Gasteiger partial charge >= 0.3 is 0 Å².